The van der Waals surface area contributed by atoms with E-state index in [0.717, 1.165) is 17.6 Å². The molecule has 2 nitrogen and oxygen atoms in total. The SMILES string of the molecule is CCNCc1ccc(Oc2cc(Cl)ccc2Cl)cc1Br. The second-order valence-corrected chi connectivity index (χ2v) is 5.91. The molecule has 0 saturated heterocycles. The number of hydrogen-bond acceptors (Lipinski definition) is 2. The van der Waals surface area contributed by atoms with E-state index >= 15 is 0 Å². The molecule has 0 aromatic heterocycles. The minimum absolute atomic E-state index is 0.530. The Bertz CT molecular complexity index is 604. The molecule has 0 aliphatic heterocycles. The highest BCUT2D eigenvalue weighted by Gasteiger charge is 2.06. The molecule has 2 aromatic carbocycles. The standard InChI is InChI=1S/C15H14BrCl2NO/c1-2-19-9-10-3-5-12(8-13(10)16)20-15-7-11(17)4-6-14(15)18/h3-8,19H,2,9H2,1H3. The van der Waals surface area contributed by atoms with E-state index in [0.29, 0.717) is 21.5 Å². The third-order valence-corrected chi connectivity index (χ3v) is 4.00. The van der Waals surface area contributed by atoms with Crippen molar-refractivity contribution in [2.24, 2.45) is 0 Å². The molecule has 0 bridgehead atoms. The first-order valence-corrected chi connectivity index (χ1v) is 7.77. The van der Waals surface area contributed by atoms with E-state index in [1.807, 2.05) is 18.2 Å². The molecule has 0 spiro atoms. The zero-order chi connectivity index (χ0) is 14.5. The van der Waals surface area contributed by atoms with Crippen molar-refractivity contribution in [1.82, 2.24) is 5.32 Å². The van der Waals surface area contributed by atoms with Crippen LogP contribution in [-0.4, -0.2) is 6.54 Å². The zero-order valence-corrected chi connectivity index (χ0v) is 14.0. The minimum Gasteiger partial charge on any atom is -0.456 e. The predicted molar refractivity (Wildman–Crippen MR) is 88.1 cm³/mol. The lowest BCUT2D eigenvalue weighted by Gasteiger charge is -2.10. The summed E-state index contributed by atoms with van der Waals surface area (Å²) < 4.78 is 6.76. The van der Waals surface area contributed by atoms with Gasteiger partial charge in [0.15, 0.2) is 0 Å². The second kappa shape index (κ2) is 7.32. The molecule has 0 atom stereocenters. The first-order valence-electron chi connectivity index (χ1n) is 6.22. The highest BCUT2D eigenvalue weighted by Crippen LogP contribution is 2.33. The Labute approximate surface area is 137 Å². The lowest BCUT2D eigenvalue weighted by Crippen LogP contribution is -2.11. The average molecular weight is 375 g/mol. The van der Waals surface area contributed by atoms with E-state index in [1.54, 1.807) is 18.2 Å². The molecule has 0 unspecified atom stereocenters. The number of rotatable bonds is 5. The van der Waals surface area contributed by atoms with Gasteiger partial charge in [-0.3, -0.25) is 0 Å². The van der Waals surface area contributed by atoms with E-state index in [-0.39, 0.29) is 0 Å². The Kier molecular flexibility index (Phi) is 5.73. The van der Waals surface area contributed by atoms with Gasteiger partial charge in [-0.25, -0.2) is 0 Å². The highest BCUT2D eigenvalue weighted by molar-refractivity contribution is 9.10. The van der Waals surface area contributed by atoms with Gasteiger partial charge >= 0.3 is 0 Å². The van der Waals surface area contributed by atoms with Gasteiger partial charge in [0.25, 0.3) is 0 Å². The topological polar surface area (TPSA) is 21.3 Å². The van der Waals surface area contributed by atoms with E-state index in [2.05, 4.69) is 28.2 Å². The third-order valence-electron chi connectivity index (χ3n) is 2.71. The molecule has 0 radical (unpaired) electrons. The monoisotopic (exact) mass is 373 g/mol. The molecule has 2 aromatic rings. The van der Waals surface area contributed by atoms with Gasteiger partial charge in [-0.1, -0.05) is 52.1 Å². The summed E-state index contributed by atoms with van der Waals surface area (Å²) in [7, 11) is 0. The molecule has 2 rings (SSSR count). The van der Waals surface area contributed by atoms with Crippen molar-refractivity contribution in [3.63, 3.8) is 0 Å². The Morgan fingerprint density at radius 2 is 1.95 bits per heavy atom. The van der Waals surface area contributed by atoms with E-state index in [1.165, 1.54) is 5.56 Å². The Balaban J connectivity index is 2.17. The van der Waals surface area contributed by atoms with Crippen LogP contribution in [0.1, 0.15) is 12.5 Å². The first kappa shape index (κ1) is 15.6. The summed E-state index contributed by atoms with van der Waals surface area (Å²) in [6.45, 7) is 3.82. The molecular formula is C15H14BrCl2NO. The molecule has 0 heterocycles. The first-order chi connectivity index (χ1) is 9.60. The molecule has 1 N–H and O–H groups in total. The van der Waals surface area contributed by atoms with E-state index in [9.17, 15) is 0 Å². The quantitative estimate of drug-likeness (QED) is 0.729. The van der Waals surface area contributed by atoms with Gasteiger partial charge < -0.3 is 10.1 Å². The summed E-state index contributed by atoms with van der Waals surface area (Å²) in [4.78, 5) is 0. The van der Waals surface area contributed by atoms with Crippen molar-refractivity contribution in [2.45, 2.75) is 13.5 Å². The summed E-state index contributed by atoms with van der Waals surface area (Å²) in [5, 5.41) is 4.40. The van der Waals surface area contributed by atoms with Gasteiger partial charge in [0, 0.05) is 22.1 Å². The Morgan fingerprint density at radius 1 is 1.15 bits per heavy atom. The predicted octanol–water partition coefficient (Wildman–Crippen LogP) is 5.66. The summed E-state index contributed by atoms with van der Waals surface area (Å²) in [5.41, 5.74) is 1.18. The molecule has 0 amide bonds. The van der Waals surface area contributed by atoms with Crippen LogP contribution < -0.4 is 10.1 Å². The maximum Gasteiger partial charge on any atom is 0.147 e. The molecule has 106 valence electrons. The van der Waals surface area contributed by atoms with Gasteiger partial charge in [-0.05, 0) is 36.4 Å². The molecule has 0 aliphatic rings. The van der Waals surface area contributed by atoms with Crippen LogP contribution in [0.5, 0.6) is 11.5 Å². The van der Waals surface area contributed by atoms with Gasteiger partial charge in [-0.2, -0.15) is 0 Å². The van der Waals surface area contributed by atoms with Crippen LogP contribution in [0.15, 0.2) is 40.9 Å². The van der Waals surface area contributed by atoms with Crippen LogP contribution in [0.3, 0.4) is 0 Å². The summed E-state index contributed by atoms with van der Waals surface area (Å²) in [5.74, 6) is 1.26. The number of benzene rings is 2. The molecule has 5 heteroatoms. The fourth-order valence-electron chi connectivity index (χ4n) is 1.68. The van der Waals surface area contributed by atoms with Crippen LogP contribution in [0.25, 0.3) is 0 Å². The van der Waals surface area contributed by atoms with Crippen LogP contribution in [0.4, 0.5) is 0 Å². The van der Waals surface area contributed by atoms with Crippen LogP contribution in [0, 0.1) is 0 Å². The lowest BCUT2D eigenvalue weighted by atomic mass is 10.2. The van der Waals surface area contributed by atoms with Gasteiger partial charge in [0.1, 0.15) is 11.5 Å². The largest absolute Gasteiger partial charge is 0.456 e. The van der Waals surface area contributed by atoms with Gasteiger partial charge in [0.05, 0.1) is 5.02 Å². The molecule has 20 heavy (non-hydrogen) atoms. The lowest BCUT2D eigenvalue weighted by molar-refractivity contribution is 0.482. The molecule has 0 fully saturated rings. The molecule has 0 saturated carbocycles. The van der Waals surface area contributed by atoms with Crippen LogP contribution in [-0.2, 0) is 6.54 Å². The third kappa shape index (κ3) is 4.13. The second-order valence-electron chi connectivity index (χ2n) is 4.21. The fourth-order valence-corrected chi connectivity index (χ4v) is 2.49. The minimum atomic E-state index is 0.530. The van der Waals surface area contributed by atoms with Gasteiger partial charge in [0.2, 0.25) is 0 Å². The van der Waals surface area contributed by atoms with Crippen molar-refractivity contribution in [1.29, 1.82) is 0 Å². The highest BCUT2D eigenvalue weighted by atomic mass is 79.9. The Morgan fingerprint density at radius 3 is 2.65 bits per heavy atom. The average Bonchev–Trinajstić information content (AvgIpc) is 2.42. The molecule has 0 aliphatic carbocycles. The summed E-state index contributed by atoms with van der Waals surface area (Å²) >= 11 is 15.6. The number of hydrogen-bond donors (Lipinski definition) is 1. The van der Waals surface area contributed by atoms with Crippen molar-refractivity contribution in [3.05, 3.63) is 56.5 Å². The Hall–Kier alpha value is -0.740. The van der Waals surface area contributed by atoms with Crippen molar-refractivity contribution < 1.29 is 4.74 Å². The van der Waals surface area contributed by atoms with Gasteiger partial charge in [-0.15, -0.1) is 0 Å². The van der Waals surface area contributed by atoms with Crippen LogP contribution in [0.2, 0.25) is 10.0 Å². The van der Waals surface area contributed by atoms with Crippen molar-refractivity contribution >= 4 is 39.1 Å². The summed E-state index contributed by atoms with van der Waals surface area (Å²) in [6.07, 6.45) is 0. The van der Waals surface area contributed by atoms with Crippen LogP contribution >= 0.6 is 39.1 Å². The normalized spacial score (nSPS) is 10.6. The molecular weight excluding hydrogens is 361 g/mol. The number of ether oxygens (including phenoxy) is 1. The smallest absolute Gasteiger partial charge is 0.147 e. The maximum atomic E-state index is 6.08. The van der Waals surface area contributed by atoms with Crippen molar-refractivity contribution in [2.75, 3.05) is 6.54 Å². The van der Waals surface area contributed by atoms with E-state index in [4.69, 9.17) is 27.9 Å². The fraction of sp³-hybridized carbons (Fsp3) is 0.200. The summed E-state index contributed by atoms with van der Waals surface area (Å²) in [6, 6.07) is 11.0. The van der Waals surface area contributed by atoms with E-state index < -0.39 is 0 Å². The number of halogens is 3. The zero-order valence-electron chi connectivity index (χ0n) is 10.9. The maximum absolute atomic E-state index is 6.08. The number of nitrogens with one attached hydrogen (secondary N) is 1. The van der Waals surface area contributed by atoms with Crippen molar-refractivity contribution in [3.8, 4) is 11.5 Å².